The second-order valence-corrected chi connectivity index (χ2v) is 6.85. The third-order valence-electron chi connectivity index (χ3n) is 4.33. The molecule has 1 saturated carbocycles. The number of hydrogen-bond acceptors (Lipinski definition) is 4. The van der Waals surface area contributed by atoms with Gasteiger partial charge in [0.1, 0.15) is 11.9 Å². The lowest BCUT2D eigenvalue weighted by Crippen LogP contribution is -2.33. The van der Waals surface area contributed by atoms with Crippen molar-refractivity contribution in [2.45, 2.75) is 58.3 Å². The highest BCUT2D eigenvalue weighted by atomic mass is 19.1. The van der Waals surface area contributed by atoms with Gasteiger partial charge < -0.3 is 9.73 Å². The maximum atomic E-state index is 13.2. The van der Waals surface area contributed by atoms with Crippen molar-refractivity contribution in [3.05, 3.63) is 17.3 Å². The minimum atomic E-state index is -0.798. The van der Waals surface area contributed by atoms with Crippen LogP contribution in [0.15, 0.2) is 4.42 Å². The molecule has 2 atom stereocenters. The zero-order chi connectivity index (χ0) is 15.7. The van der Waals surface area contributed by atoms with Gasteiger partial charge in [0.05, 0.1) is 5.69 Å². The molecule has 3 rings (SSSR count). The van der Waals surface area contributed by atoms with Crippen LogP contribution < -0.4 is 5.32 Å². The summed E-state index contributed by atoms with van der Waals surface area (Å²) in [6, 6.07) is -0.0936. The summed E-state index contributed by atoms with van der Waals surface area (Å²) in [7, 11) is 0. The lowest BCUT2D eigenvalue weighted by molar-refractivity contribution is 0.0899. The lowest BCUT2D eigenvalue weighted by Gasteiger charge is -2.26. The number of alkyl halides is 1. The average Bonchev–Trinajstić information content (AvgIpc) is 3.03. The molecule has 6 heteroatoms. The van der Waals surface area contributed by atoms with E-state index in [2.05, 4.69) is 29.0 Å². The van der Waals surface area contributed by atoms with E-state index in [1.165, 1.54) is 0 Å². The van der Waals surface area contributed by atoms with E-state index in [9.17, 15) is 9.18 Å². The fourth-order valence-corrected chi connectivity index (χ4v) is 3.33. The third-order valence-corrected chi connectivity index (χ3v) is 4.33. The molecule has 1 aliphatic carbocycles. The molecule has 1 amide bonds. The minimum absolute atomic E-state index is 0.0936. The molecule has 1 aromatic heterocycles. The first-order chi connectivity index (χ1) is 10.5. The van der Waals surface area contributed by atoms with E-state index in [4.69, 9.17) is 4.42 Å². The van der Waals surface area contributed by atoms with Crippen molar-refractivity contribution in [1.82, 2.24) is 15.2 Å². The first kappa shape index (κ1) is 15.5. The van der Waals surface area contributed by atoms with Crippen molar-refractivity contribution in [3.63, 3.8) is 0 Å². The van der Waals surface area contributed by atoms with Crippen LogP contribution >= 0.6 is 0 Å². The van der Waals surface area contributed by atoms with Crippen LogP contribution in [0.2, 0.25) is 0 Å². The number of nitrogens with zero attached hydrogens (tertiary/aromatic N) is 2. The van der Waals surface area contributed by atoms with Crippen LogP contribution in [0.25, 0.3) is 0 Å². The standard InChI is InChI=1S/C16H24FN3O2/c1-10(2)8-20-6-5-14-13(9-20)19-16(22-14)15(21)18-12-4-3-11(17)7-12/h10-12H,3-9H2,1-2H3,(H,18,21)/t11-,12-/m1/s1. The molecule has 5 nitrogen and oxygen atoms in total. The first-order valence-corrected chi connectivity index (χ1v) is 8.17. The molecule has 0 aromatic carbocycles. The largest absolute Gasteiger partial charge is 0.437 e. The summed E-state index contributed by atoms with van der Waals surface area (Å²) >= 11 is 0. The van der Waals surface area contributed by atoms with Crippen molar-refractivity contribution in [1.29, 1.82) is 0 Å². The Morgan fingerprint density at radius 1 is 1.50 bits per heavy atom. The molecule has 1 aliphatic heterocycles. The van der Waals surface area contributed by atoms with Gasteiger partial charge in [-0.15, -0.1) is 0 Å². The van der Waals surface area contributed by atoms with Crippen molar-refractivity contribution in [2.75, 3.05) is 13.1 Å². The molecule has 2 heterocycles. The molecule has 0 bridgehead atoms. The van der Waals surface area contributed by atoms with Gasteiger partial charge in [-0.05, 0) is 25.2 Å². The Bertz CT molecular complexity index is 543. The number of carbonyl (C=O) groups excluding carboxylic acids is 1. The second-order valence-electron chi connectivity index (χ2n) is 6.85. The molecular formula is C16H24FN3O2. The molecule has 22 heavy (non-hydrogen) atoms. The number of fused-ring (bicyclic) bond motifs is 1. The van der Waals surface area contributed by atoms with Crippen LogP contribution in [0.4, 0.5) is 4.39 Å². The van der Waals surface area contributed by atoms with Gasteiger partial charge >= 0.3 is 5.91 Å². The fraction of sp³-hybridized carbons (Fsp3) is 0.750. The Kier molecular flexibility index (Phi) is 4.47. The van der Waals surface area contributed by atoms with Crippen LogP contribution in [-0.2, 0) is 13.0 Å². The van der Waals surface area contributed by atoms with Gasteiger partial charge in [-0.3, -0.25) is 9.69 Å². The zero-order valence-electron chi connectivity index (χ0n) is 13.3. The monoisotopic (exact) mass is 309 g/mol. The van der Waals surface area contributed by atoms with Gasteiger partial charge in [0.2, 0.25) is 0 Å². The van der Waals surface area contributed by atoms with E-state index in [1.54, 1.807) is 0 Å². The van der Waals surface area contributed by atoms with E-state index in [0.29, 0.717) is 25.2 Å². The molecule has 1 N–H and O–H groups in total. The Balaban J connectivity index is 1.62. The molecule has 2 aliphatic rings. The molecule has 0 saturated heterocycles. The van der Waals surface area contributed by atoms with Crippen LogP contribution in [0.3, 0.4) is 0 Å². The van der Waals surface area contributed by atoms with Crippen LogP contribution in [0, 0.1) is 5.92 Å². The number of aromatic nitrogens is 1. The van der Waals surface area contributed by atoms with Crippen molar-refractivity contribution < 1.29 is 13.6 Å². The number of oxazole rings is 1. The summed E-state index contributed by atoms with van der Waals surface area (Å²) in [5.41, 5.74) is 0.867. The van der Waals surface area contributed by atoms with Crippen molar-refractivity contribution in [2.24, 2.45) is 5.92 Å². The highest BCUT2D eigenvalue weighted by molar-refractivity contribution is 5.89. The fourth-order valence-electron chi connectivity index (χ4n) is 3.33. The summed E-state index contributed by atoms with van der Waals surface area (Å²) in [5.74, 6) is 1.23. The topological polar surface area (TPSA) is 58.4 Å². The van der Waals surface area contributed by atoms with Gasteiger partial charge in [0.15, 0.2) is 0 Å². The number of hydrogen-bond donors (Lipinski definition) is 1. The average molecular weight is 309 g/mol. The minimum Gasteiger partial charge on any atom is -0.437 e. The molecule has 122 valence electrons. The van der Waals surface area contributed by atoms with Gasteiger partial charge in [-0.1, -0.05) is 13.8 Å². The molecule has 1 aromatic rings. The quantitative estimate of drug-likeness (QED) is 0.927. The van der Waals surface area contributed by atoms with E-state index in [0.717, 1.165) is 37.5 Å². The highest BCUT2D eigenvalue weighted by Gasteiger charge is 2.29. The maximum Gasteiger partial charge on any atom is 0.307 e. The van der Waals surface area contributed by atoms with Crippen molar-refractivity contribution in [3.8, 4) is 0 Å². The van der Waals surface area contributed by atoms with Crippen LogP contribution in [-0.4, -0.2) is 41.1 Å². The predicted octanol–water partition coefficient (Wildman–Crippen LogP) is 2.31. The number of halogens is 1. The van der Waals surface area contributed by atoms with E-state index >= 15 is 0 Å². The predicted molar refractivity (Wildman–Crippen MR) is 80.3 cm³/mol. The van der Waals surface area contributed by atoms with Gasteiger partial charge in [0, 0.05) is 32.1 Å². The number of nitrogens with one attached hydrogen (secondary N) is 1. The second kappa shape index (κ2) is 6.36. The van der Waals surface area contributed by atoms with E-state index < -0.39 is 6.17 Å². The zero-order valence-corrected chi connectivity index (χ0v) is 13.3. The third kappa shape index (κ3) is 3.48. The first-order valence-electron chi connectivity index (χ1n) is 8.17. The molecule has 1 fully saturated rings. The van der Waals surface area contributed by atoms with Gasteiger partial charge in [-0.2, -0.15) is 0 Å². The SMILES string of the molecule is CC(C)CN1CCc2oc(C(=O)N[C@@H]3CC[C@@H](F)C3)nc2C1. The highest BCUT2D eigenvalue weighted by Crippen LogP contribution is 2.23. The van der Waals surface area contributed by atoms with E-state index in [-0.39, 0.29) is 17.8 Å². The summed E-state index contributed by atoms with van der Waals surface area (Å²) in [6.07, 6.45) is 1.60. The number of carbonyl (C=O) groups is 1. The Hall–Kier alpha value is -1.43. The molecule has 0 spiro atoms. The van der Waals surface area contributed by atoms with Crippen LogP contribution in [0.1, 0.15) is 55.2 Å². The summed E-state index contributed by atoms with van der Waals surface area (Å²) in [6.45, 7) is 7.08. The smallest absolute Gasteiger partial charge is 0.307 e. The van der Waals surface area contributed by atoms with E-state index in [1.807, 2.05) is 0 Å². The Morgan fingerprint density at radius 2 is 2.32 bits per heavy atom. The lowest BCUT2D eigenvalue weighted by atomic mass is 10.1. The maximum absolute atomic E-state index is 13.2. The Morgan fingerprint density at radius 3 is 3.00 bits per heavy atom. The summed E-state index contributed by atoms with van der Waals surface area (Å²) < 4.78 is 18.8. The van der Waals surface area contributed by atoms with Gasteiger partial charge in [-0.25, -0.2) is 9.37 Å². The summed E-state index contributed by atoms with van der Waals surface area (Å²) in [5, 5.41) is 2.83. The van der Waals surface area contributed by atoms with Crippen molar-refractivity contribution >= 4 is 5.91 Å². The number of amides is 1. The molecular weight excluding hydrogens is 285 g/mol. The number of rotatable bonds is 4. The van der Waals surface area contributed by atoms with Crippen LogP contribution in [0.5, 0.6) is 0 Å². The molecule has 0 unspecified atom stereocenters. The Labute approximate surface area is 130 Å². The normalized spacial score (nSPS) is 25.5. The van der Waals surface area contributed by atoms with Gasteiger partial charge in [0.25, 0.3) is 5.89 Å². The summed E-state index contributed by atoms with van der Waals surface area (Å²) in [4.78, 5) is 18.9. The molecule has 0 radical (unpaired) electrons.